The van der Waals surface area contributed by atoms with Crippen molar-refractivity contribution in [3.63, 3.8) is 0 Å². The predicted octanol–water partition coefficient (Wildman–Crippen LogP) is -0.769. The molecule has 2 aliphatic heterocycles. The Labute approximate surface area is 151 Å². The SMILES string of the molecule is CS(=O)(=O)N1CCN(C(=O)C[C@@H]2NC(=O)c3ccccc3NC2=O)CC1. The quantitative estimate of drug-likeness (QED) is 0.714. The second-order valence-electron chi connectivity index (χ2n) is 6.31. The zero-order valence-corrected chi connectivity index (χ0v) is 15.1. The molecule has 1 fully saturated rings. The molecule has 3 amide bonds. The summed E-state index contributed by atoms with van der Waals surface area (Å²) in [5.41, 5.74) is 0.754. The van der Waals surface area contributed by atoms with Crippen LogP contribution in [0.4, 0.5) is 5.69 Å². The Balaban J connectivity index is 1.63. The van der Waals surface area contributed by atoms with Gasteiger partial charge in [0.15, 0.2) is 0 Å². The molecule has 0 unspecified atom stereocenters. The number of anilines is 1. The maximum atomic E-state index is 12.5. The Kier molecular flexibility index (Phi) is 4.97. The zero-order valence-electron chi connectivity index (χ0n) is 14.3. The van der Waals surface area contributed by atoms with E-state index in [1.54, 1.807) is 24.3 Å². The molecule has 2 N–H and O–H groups in total. The minimum Gasteiger partial charge on any atom is -0.340 e. The number of fused-ring (bicyclic) bond motifs is 1. The van der Waals surface area contributed by atoms with Gasteiger partial charge in [-0.15, -0.1) is 0 Å². The van der Waals surface area contributed by atoms with Gasteiger partial charge in [-0.25, -0.2) is 8.42 Å². The largest absolute Gasteiger partial charge is 0.340 e. The summed E-state index contributed by atoms with van der Waals surface area (Å²) >= 11 is 0. The predicted molar refractivity (Wildman–Crippen MR) is 93.9 cm³/mol. The first-order valence-corrected chi connectivity index (χ1v) is 10.0. The molecular weight excluding hydrogens is 360 g/mol. The third-order valence-corrected chi connectivity index (χ3v) is 5.79. The van der Waals surface area contributed by atoms with Crippen LogP contribution in [0.5, 0.6) is 0 Å². The minimum absolute atomic E-state index is 0.176. The number of hydrogen-bond acceptors (Lipinski definition) is 5. The summed E-state index contributed by atoms with van der Waals surface area (Å²) in [6.07, 6.45) is 0.956. The van der Waals surface area contributed by atoms with Crippen LogP contribution in [-0.4, -0.2) is 73.8 Å². The van der Waals surface area contributed by atoms with E-state index in [9.17, 15) is 22.8 Å². The molecule has 2 aliphatic rings. The summed E-state index contributed by atoms with van der Waals surface area (Å²) in [7, 11) is -3.28. The van der Waals surface area contributed by atoms with E-state index >= 15 is 0 Å². The van der Waals surface area contributed by atoms with Crippen molar-refractivity contribution in [1.29, 1.82) is 0 Å². The molecule has 1 saturated heterocycles. The van der Waals surface area contributed by atoms with Gasteiger partial charge in [0.05, 0.1) is 23.9 Å². The van der Waals surface area contributed by atoms with Crippen molar-refractivity contribution < 1.29 is 22.8 Å². The van der Waals surface area contributed by atoms with E-state index in [-0.39, 0.29) is 38.5 Å². The van der Waals surface area contributed by atoms with Gasteiger partial charge in [0.25, 0.3) is 5.91 Å². The van der Waals surface area contributed by atoms with E-state index in [1.165, 1.54) is 9.21 Å². The molecule has 0 spiro atoms. The summed E-state index contributed by atoms with van der Waals surface area (Å²) in [4.78, 5) is 38.6. The maximum absolute atomic E-state index is 12.5. The lowest BCUT2D eigenvalue weighted by Crippen LogP contribution is -2.52. The van der Waals surface area contributed by atoms with Gasteiger partial charge in [0.1, 0.15) is 6.04 Å². The fourth-order valence-electron chi connectivity index (χ4n) is 3.03. The third kappa shape index (κ3) is 3.86. The average molecular weight is 380 g/mol. The second-order valence-corrected chi connectivity index (χ2v) is 8.29. The normalized spacial score (nSPS) is 21.4. The van der Waals surface area contributed by atoms with Crippen molar-refractivity contribution in [2.75, 3.05) is 37.8 Å². The molecule has 3 rings (SSSR count). The van der Waals surface area contributed by atoms with Crippen LogP contribution in [0.3, 0.4) is 0 Å². The number of piperazine rings is 1. The van der Waals surface area contributed by atoms with Crippen molar-refractivity contribution in [3.05, 3.63) is 29.8 Å². The van der Waals surface area contributed by atoms with Crippen LogP contribution < -0.4 is 10.6 Å². The number of amides is 3. The molecule has 0 aliphatic carbocycles. The molecule has 0 aromatic heterocycles. The smallest absolute Gasteiger partial charge is 0.254 e. The van der Waals surface area contributed by atoms with E-state index in [0.29, 0.717) is 11.3 Å². The van der Waals surface area contributed by atoms with Gasteiger partial charge in [0.2, 0.25) is 21.8 Å². The van der Waals surface area contributed by atoms with Crippen molar-refractivity contribution in [2.24, 2.45) is 0 Å². The molecular formula is C16H20N4O5S. The maximum Gasteiger partial charge on any atom is 0.254 e. The van der Waals surface area contributed by atoms with Crippen LogP contribution in [0.2, 0.25) is 0 Å². The molecule has 26 heavy (non-hydrogen) atoms. The van der Waals surface area contributed by atoms with Crippen LogP contribution in [0, 0.1) is 0 Å². The highest BCUT2D eigenvalue weighted by Gasteiger charge is 2.32. The molecule has 1 aromatic carbocycles. The molecule has 0 radical (unpaired) electrons. The lowest BCUT2D eigenvalue weighted by molar-refractivity contribution is -0.134. The Bertz CT molecular complexity index is 846. The van der Waals surface area contributed by atoms with Crippen molar-refractivity contribution in [3.8, 4) is 0 Å². The van der Waals surface area contributed by atoms with Crippen LogP contribution in [0.25, 0.3) is 0 Å². The number of nitrogens with one attached hydrogen (secondary N) is 2. The molecule has 0 saturated carbocycles. The number of benzene rings is 1. The molecule has 10 heteroatoms. The van der Waals surface area contributed by atoms with E-state index < -0.39 is 27.9 Å². The first kappa shape index (κ1) is 18.3. The fourth-order valence-corrected chi connectivity index (χ4v) is 3.85. The zero-order chi connectivity index (χ0) is 18.9. The Hall–Kier alpha value is -2.46. The summed E-state index contributed by atoms with van der Waals surface area (Å²) < 4.78 is 24.4. The van der Waals surface area contributed by atoms with Gasteiger partial charge in [-0.2, -0.15) is 4.31 Å². The summed E-state index contributed by atoms with van der Waals surface area (Å²) in [5.74, 6) is -1.17. The summed E-state index contributed by atoms with van der Waals surface area (Å²) in [6, 6.07) is 5.65. The first-order chi connectivity index (χ1) is 12.3. The Morgan fingerprint density at radius 2 is 1.81 bits per heavy atom. The summed E-state index contributed by atoms with van der Waals surface area (Å²) in [5, 5.41) is 5.24. The van der Waals surface area contributed by atoms with E-state index in [0.717, 1.165) is 6.26 Å². The van der Waals surface area contributed by atoms with Crippen LogP contribution in [-0.2, 0) is 19.6 Å². The van der Waals surface area contributed by atoms with E-state index in [1.807, 2.05) is 0 Å². The standard InChI is InChI=1S/C16H20N4O5S/c1-26(24,25)20-8-6-19(7-9-20)14(21)10-13-16(23)17-12-5-3-2-4-11(12)15(22)18-13/h2-5,13H,6-10H2,1H3,(H,17,23)(H,18,22)/t13-/m0/s1. The van der Waals surface area contributed by atoms with Gasteiger partial charge in [-0.1, -0.05) is 12.1 Å². The lowest BCUT2D eigenvalue weighted by Gasteiger charge is -2.33. The first-order valence-electron chi connectivity index (χ1n) is 8.19. The van der Waals surface area contributed by atoms with Crippen LogP contribution in [0.15, 0.2) is 24.3 Å². The van der Waals surface area contributed by atoms with Gasteiger partial charge in [-0.05, 0) is 12.1 Å². The fraction of sp³-hybridized carbons (Fsp3) is 0.438. The van der Waals surface area contributed by atoms with Gasteiger partial charge in [-0.3, -0.25) is 14.4 Å². The Morgan fingerprint density at radius 3 is 2.46 bits per heavy atom. The minimum atomic E-state index is -3.28. The highest BCUT2D eigenvalue weighted by atomic mass is 32.2. The molecule has 1 aromatic rings. The number of nitrogens with zero attached hydrogens (tertiary/aromatic N) is 2. The monoisotopic (exact) mass is 380 g/mol. The molecule has 140 valence electrons. The summed E-state index contributed by atoms with van der Waals surface area (Å²) in [6.45, 7) is 0.960. The molecule has 1 atom stereocenters. The highest BCUT2D eigenvalue weighted by molar-refractivity contribution is 7.88. The molecule has 0 bridgehead atoms. The second kappa shape index (κ2) is 7.04. The number of carbonyl (C=O) groups is 3. The Morgan fingerprint density at radius 1 is 1.15 bits per heavy atom. The lowest BCUT2D eigenvalue weighted by atomic mass is 10.1. The average Bonchev–Trinajstić information content (AvgIpc) is 2.71. The number of sulfonamides is 1. The number of rotatable bonds is 3. The van der Waals surface area contributed by atoms with Gasteiger partial charge in [0, 0.05) is 26.2 Å². The van der Waals surface area contributed by atoms with Crippen molar-refractivity contribution in [2.45, 2.75) is 12.5 Å². The van der Waals surface area contributed by atoms with Crippen molar-refractivity contribution in [1.82, 2.24) is 14.5 Å². The number of hydrogen-bond donors (Lipinski definition) is 2. The van der Waals surface area contributed by atoms with Gasteiger partial charge >= 0.3 is 0 Å². The van der Waals surface area contributed by atoms with E-state index in [4.69, 9.17) is 0 Å². The third-order valence-electron chi connectivity index (χ3n) is 4.49. The molecule has 2 heterocycles. The number of para-hydroxylation sites is 1. The van der Waals surface area contributed by atoms with Crippen molar-refractivity contribution >= 4 is 33.4 Å². The highest BCUT2D eigenvalue weighted by Crippen LogP contribution is 2.19. The van der Waals surface area contributed by atoms with Gasteiger partial charge < -0.3 is 15.5 Å². The molecule has 9 nitrogen and oxygen atoms in total. The topological polar surface area (TPSA) is 116 Å². The van der Waals surface area contributed by atoms with Crippen LogP contribution in [0.1, 0.15) is 16.8 Å². The number of carbonyl (C=O) groups excluding carboxylic acids is 3. The van der Waals surface area contributed by atoms with E-state index in [2.05, 4.69) is 10.6 Å². The van der Waals surface area contributed by atoms with Crippen LogP contribution >= 0.6 is 0 Å².